The van der Waals surface area contributed by atoms with Crippen LogP contribution in [-0.2, 0) is 13.2 Å². The molecular formula is C13H11BrClNO2. The number of pyridine rings is 1. The molecule has 1 aromatic carbocycles. The first-order valence-corrected chi connectivity index (χ1v) is 6.48. The highest BCUT2D eigenvalue weighted by Crippen LogP contribution is 2.29. The predicted octanol–water partition coefficient (Wildman–Crippen LogP) is 3.57. The van der Waals surface area contributed by atoms with Gasteiger partial charge in [-0.2, -0.15) is 0 Å². The first-order valence-electron chi connectivity index (χ1n) is 5.31. The third-order valence-electron chi connectivity index (χ3n) is 2.36. The molecule has 0 aliphatic heterocycles. The number of para-hydroxylation sites is 1. The molecule has 0 spiro atoms. The van der Waals surface area contributed by atoms with Gasteiger partial charge in [-0.25, -0.2) is 0 Å². The maximum Gasteiger partial charge on any atom is 0.143 e. The molecule has 1 aromatic heterocycles. The molecule has 18 heavy (non-hydrogen) atoms. The number of benzene rings is 1. The van der Waals surface area contributed by atoms with E-state index < -0.39 is 0 Å². The van der Waals surface area contributed by atoms with Gasteiger partial charge < -0.3 is 9.84 Å². The average Bonchev–Trinajstić information content (AvgIpc) is 2.37. The Morgan fingerprint density at radius 1 is 1.33 bits per heavy atom. The molecule has 0 aliphatic rings. The van der Waals surface area contributed by atoms with Crippen molar-refractivity contribution in [2.45, 2.75) is 13.2 Å². The van der Waals surface area contributed by atoms with Crippen molar-refractivity contribution in [3.8, 4) is 5.75 Å². The Morgan fingerprint density at radius 3 is 2.89 bits per heavy atom. The molecule has 0 radical (unpaired) electrons. The normalized spacial score (nSPS) is 10.4. The van der Waals surface area contributed by atoms with Gasteiger partial charge in [-0.3, -0.25) is 4.98 Å². The van der Waals surface area contributed by atoms with Crippen molar-refractivity contribution in [2.24, 2.45) is 0 Å². The van der Waals surface area contributed by atoms with Gasteiger partial charge in [-0.1, -0.05) is 23.7 Å². The molecule has 0 unspecified atom stereocenters. The van der Waals surface area contributed by atoms with E-state index in [2.05, 4.69) is 20.9 Å². The highest BCUT2D eigenvalue weighted by atomic mass is 79.9. The third-order valence-corrected chi connectivity index (χ3v) is 3.09. The standard InChI is InChI=1S/C13H11BrClNO2/c14-11-4-9(5-16-6-11)8-18-13-10(7-17)2-1-3-12(13)15/h1-6,17H,7-8H2. The summed E-state index contributed by atoms with van der Waals surface area (Å²) in [5, 5.41) is 9.72. The fourth-order valence-corrected chi connectivity index (χ4v) is 2.19. The Kier molecular flexibility index (Phi) is 4.58. The van der Waals surface area contributed by atoms with Gasteiger partial charge in [0.2, 0.25) is 0 Å². The number of nitrogens with zero attached hydrogens (tertiary/aromatic N) is 1. The van der Waals surface area contributed by atoms with Crippen molar-refractivity contribution in [3.05, 3.63) is 57.3 Å². The summed E-state index contributed by atoms with van der Waals surface area (Å²) in [6, 6.07) is 7.21. The van der Waals surface area contributed by atoms with E-state index in [0.717, 1.165) is 10.0 Å². The Bertz CT molecular complexity index is 548. The van der Waals surface area contributed by atoms with Crippen molar-refractivity contribution in [1.29, 1.82) is 0 Å². The van der Waals surface area contributed by atoms with Crippen LogP contribution in [0.15, 0.2) is 41.1 Å². The zero-order valence-electron chi connectivity index (χ0n) is 9.44. The van der Waals surface area contributed by atoms with Crippen LogP contribution in [0.5, 0.6) is 5.75 Å². The maximum absolute atomic E-state index is 9.23. The van der Waals surface area contributed by atoms with Gasteiger partial charge in [-0.05, 0) is 28.1 Å². The highest BCUT2D eigenvalue weighted by Gasteiger charge is 2.08. The van der Waals surface area contributed by atoms with E-state index in [4.69, 9.17) is 16.3 Å². The second kappa shape index (κ2) is 6.18. The fourth-order valence-electron chi connectivity index (χ4n) is 1.53. The molecule has 2 aromatic rings. The second-order valence-corrected chi connectivity index (χ2v) is 5.01. The molecule has 0 fully saturated rings. The molecule has 1 heterocycles. The minimum absolute atomic E-state index is 0.105. The second-order valence-electron chi connectivity index (χ2n) is 3.69. The van der Waals surface area contributed by atoms with Crippen molar-refractivity contribution >= 4 is 27.5 Å². The Hall–Kier alpha value is -1.10. The summed E-state index contributed by atoms with van der Waals surface area (Å²) in [5.74, 6) is 0.515. The lowest BCUT2D eigenvalue weighted by atomic mass is 10.2. The van der Waals surface area contributed by atoms with Crippen molar-refractivity contribution in [3.63, 3.8) is 0 Å². The van der Waals surface area contributed by atoms with E-state index in [-0.39, 0.29) is 6.61 Å². The SMILES string of the molecule is OCc1cccc(Cl)c1OCc1cncc(Br)c1. The van der Waals surface area contributed by atoms with Crippen LogP contribution in [0.4, 0.5) is 0 Å². The summed E-state index contributed by atoms with van der Waals surface area (Å²) in [5.41, 5.74) is 1.60. The van der Waals surface area contributed by atoms with Gasteiger partial charge in [0.1, 0.15) is 12.4 Å². The van der Waals surface area contributed by atoms with Gasteiger partial charge in [0.25, 0.3) is 0 Å². The molecule has 0 atom stereocenters. The van der Waals surface area contributed by atoms with Gasteiger partial charge in [0, 0.05) is 28.0 Å². The van der Waals surface area contributed by atoms with E-state index in [0.29, 0.717) is 22.9 Å². The lowest BCUT2D eigenvalue weighted by Gasteiger charge is -2.11. The molecule has 0 bridgehead atoms. The molecule has 5 heteroatoms. The number of ether oxygens (including phenoxy) is 1. The lowest BCUT2D eigenvalue weighted by molar-refractivity contribution is 0.259. The number of rotatable bonds is 4. The number of hydrogen-bond acceptors (Lipinski definition) is 3. The van der Waals surface area contributed by atoms with Crippen LogP contribution in [0.2, 0.25) is 5.02 Å². The Labute approximate surface area is 119 Å². The number of aliphatic hydroxyl groups excluding tert-OH is 1. The van der Waals surface area contributed by atoms with Crippen LogP contribution >= 0.6 is 27.5 Å². The number of hydrogen-bond donors (Lipinski definition) is 1. The van der Waals surface area contributed by atoms with Crippen LogP contribution in [0.1, 0.15) is 11.1 Å². The molecule has 0 saturated carbocycles. The van der Waals surface area contributed by atoms with E-state index in [1.54, 1.807) is 30.6 Å². The minimum atomic E-state index is -0.105. The van der Waals surface area contributed by atoms with E-state index >= 15 is 0 Å². The topological polar surface area (TPSA) is 42.4 Å². The zero-order valence-corrected chi connectivity index (χ0v) is 11.8. The monoisotopic (exact) mass is 327 g/mol. The van der Waals surface area contributed by atoms with E-state index in [1.165, 1.54) is 0 Å². The number of aliphatic hydroxyl groups is 1. The molecule has 2 rings (SSSR count). The van der Waals surface area contributed by atoms with Gasteiger partial charge >= 0.3 is 0 Å². The molecule has 0 amide bonds. The first kappa shape index (κ1) is 13.3. The third kappa shape index (κ3) is 3.22. The van der Waals surface area contributed by atoms with Gasteiger partial charge in [0.05, 0.1) is 11.6 Å². The zero-order chi connectivity index (χ0) is 13.0. The number of halogens is 2. The summed E-state index contributed by atoms with van der Waals surface area (Å²) in [6.45, 7) is 0.246. The van der Waals surface area contributed by atoms with Crippen LogP contribution in [-0.4, -0.2) is 10.1 Å². The summed E-state index contributed by atoms with van der Waals surface area (Å²) < 4.78 is 6.54. The van der Waals surface area contributed by atoms with E-state index in [9.17, 15) is 5.11 Å². The average molecular weight is 329 g/mol. The van der Waals surface area contributed by atoms with Crippen molar-refractivity contribution in [2.75, 3.05) is 0 Å². The molecular weight excluding hydrogens is 318 g/mol. The van der Waals surface area contributed by atoms with E-state index in [1.807, 2.05) is 6.07 Å². The minimum Gasteiger partial charge on any atom is -0.487 e. The molecule has 3 nitrogen and oxygen atoms in total. The van der Waals surface area contributed by atoms with Crippen LogP contribution in [0, 0.1) is 0 Å². The van der Waals surface area contributed by atoms with Crippen molar-refractivity contribution < 1.29 is 9.84 Å². The summed E-state index contributed by atoms with van der Waals surface area (Å²) in [4.78, 5) is 4.05. The van der Waals surface area contributed by atoms with Crippen LogP contribution < -0.4 is 4.74 Å². The largest absolute Gasteiger partial charge is 0.487 e. The summed E-state index contributed by atoms with van der Waals surface area (Å²) in [6.07, 6.45) is 3.43. The van der Waals surface area contributed by atoms with Crippen molar-refractivity contribution in [1.82, 2.24) is 4.98 Å². The first-order chi connectivity index (χ1) is 8.70. The van der Waals surface area contributed by atoms with Crippen LogP contribution in [0.25, 0.3) is 0 Å². The summed E-state index contributed by atoms with van der Waals surface area (Å²) >= 11 is 9.39. The Morgan fingerprint density at radius 2 is 2.17 bits per heavy atom. The fraction of sp³-hybridized carbons (Fsp3) is 0.154. The van der Waals surface area contributed by atoms with Crippen LogP contribution in [0.3, 0.4) is 0 Å². The maximum atomic E-state index is 9.23. The number of aromatic nitrogens is 1. The molecule has 0 aliphatic carbocycles. The van der Waals surface area contributed by atoms with Gasteiger partial charge in [-0.15, -0.1) is 0 Å². The molecule has 1 N–H and O–H groups in total. The highest BCUT2D eigenvalue weighted by molar-refractivity contribution is 9.10. The summed E-state index contributed by atoms with van der Waals surface area (Å²) in [7, 11) is 0. The lowest BCUT2D eigenvalue weighted by Crippen LogP contribution is -2.00. The van der Waals surface area contributed by atoms with Gasteiger partial charge in [0.15, 0.2) is 0 Å². The predicted molar refractivity (Wildman–Crippen MR) is 73.6 cm³/mol. The molecule has 94 valence electrons. The Balaban J connectivity index is 2.15. The smallest absolute Gasteiger partial charge is 0.143 e. The molecule has 0 saturated heterocycles. The quantitative estimate of drug-likeness (QED) is 0.933.